The number of hydrogen-bond donors (Lipinski definition) is 0. The second kappa shape index (κ2) is 10.9. The molecule has 1 fully saturated rings. The van der Waals surface area contributed by atoms with E-state index in [1.165, 1.54) is 0 Å². The smallest absolute Gasteiger partial charge is 0.419 e. The van der Waals surface area contributed by atoms with Gasteiger partial charge in [0.2, 0.25) is 0 Å². The molecule has 0 aromatic heterocycles. The Morgan fingerprint density at radius 3 is 1.35 bits per heavy atom. The largest absolute Gasteiger partial charge is 0.467 e. The second-order valence-electron chi connectivity index (χ2n) is 7.04. The van der Waals surface area contributed by atoms with Crippen molar-refractivity contribution >= 4 is 30.2 Å². The van der Waals surface area contributed by atoms with Crippen molar-refractivity contribution in [1.82, 2.24) is 9.80 Å². The Morgan fingerprint density at radius 1 is 0.676 bits per heavy atom. The summed E-state index contributed by atoms with van der Waals surface area (Å²) in [4.78, 5) is 64.5. The predicted molar refractivity (Wildman–Crippen MR) is 114 cm³/mol. The van der Waals surface area contributed by atoms with Crippen LogP contribution in [0.2, 0.25) is 0 Å². The van der Waals surface area contributed by atoms with Crippen LogP contribution in [-0.2, 0) is 41.8 Å². The molecule has 1 aliphatic heterocycles. The first-order valence-corrected chi connectivity index (χ1v) is 10.1. The summed E-state index contributed by atoms with van der Waals surface area (Å²) in [5, 5.41) is 0. The van der Waals surface area contributed by atoms with Gasteiger partial charge in [-0.05, 0) is 11.1 Å². The minimum Gasteiger partial charge on any atom is -0.467 e. The van der Waals surface area contributed by atoms with Gasteiger partial charge in [0.1, 0.15) is 13.2 Å². The molecule has 178 valence electrons. The number of amides is 4. The van der Waals surface area contributed by atoms with E-state index in [4.69, 9.17) is 9.47 Å². The van der Waals surface area contributed by atoms with Crippen LogP contribution in [0.5, 0.6) is 0 Å². The number of methoxy groups -OCH3 is 2. The first-order chi connectivity index (χ1) is 16.4. The molecule has 0 unspecified atom stereocenters. The first-order valence-electron chi connectivity index (χ1n) is 10.1. The summed E-state index contributed by atoms with van der Waals surface area (Å²) >= 11 is 0. The molecule has 3 rings (SSSR count). The minimum atomic E-state index is -1.84. The van der Waals surface area contributed by atoms with Gasteiger partial charge in [0.15, 0.2) is 12.1 Å². The van der Waals surface area contributed by atoms with E-state index < -0.39 is 42.2 Å². The van der Waals surface area contributed by atoms with Crippen LogP contribution < -0.4 is 0 Å². The van der Waals surface area contributed by atoms with E-state index in [0.29, 0.717) is 20.9 Å². The van der Waals surface area contributed by atoms with Crippen molar-refractivity contribution in [2.24, 2.45) is 0 Å². The molecular weight excluding hydrogens is 448 g/mol. The van der Waals surface area contributed by atoms with Crippen LogP contribution in [0.25, 0.3) is 0 Å². The van der Waals surface area contributed by atoms with Gasteiger partial charge in [0.25, 0.3) is 0 Å². The number of carbonyl (C=O) groups is 5. The van der Waals surface area contributed by atoms with Crippen molar-refractivity contribution in [2.45, 2.75) is 25.3 Å². The van der Waals surface area contributed by atoms with Crippen LogP contribution in [-0.4, -0.2) is 66.3 Å². The topological polar surface area (TPSA) is 129 Å². The maximum atomic E-state index is 13.1. The van der Waals surface area contributed by atoms with E-state index in [9.17, 15) is 24.0 Å². The fourth-order valence-corrected chi connectivity index (χ4v) is 3.31. The Labute approximate surface area is 194 Å². The van der Waals surface area contributed by atoms with Crippen LogP contribution in [0, 0.1) is 0 Å². The number of carbonyl (C=O) groups excluding carboxylic acids is 5. The number of imide groups is 2. The highest BCUT2D eigenvalue weighted by molar-refractivity contribution is 6.09. The van der Waals surface area contributed by atoms with Gasteiger partial charge in [0.05, 0.1) is 14.2 Å². The molecule has 1 aliphatic rings. The predicted octanol–water partition coefficient (Wildman–Crippen LogP) is 2.48. The summed E-state index contributed by atoms with van der Waals surface area (Å²) in [7, 11) is 2.01. The monoisotopic (exact) mass is 470 g/mol. The molecule has 0 spiro atoms. The summed E-state index contributed by atoms with van der Waals surface area (Å²) in [6, 6.07) is 12.2. The maximum Gasteiger partial charge on any atom is 0.419 e. The Balaban J connectivity index is 1.87. The highest BCUT2D eigenvalue weighted by Gasteiger charge is 2.60. The second-order valence-corrected chi connectivity index (χ2v) is 7.04. The third-order valence-corrected chi connectivity index (χ3v) is 4.96. The molecule has 0 aliphatic carbocycles. The lowest BCUT2D eigenvalue weighted by Crippen LogP contribution is -2.51. The molecule has 0 saturated carbocycles. The van der Waals surface area contributed by atoms with Crippen LogP contribution in [0.1, 0.15) is 11.1 Å². The van der Waals surface area contributed by atoms with E-state index in [0.717, 1.165) is 14.2 Å². The van der Waals surface area contributed by atoms with Crippen LogP contribution >= 0.6 is 0 Å². The SMILES string of the molecule is COC(=O)[C@@H]1[C@@H](C(=O)OC)N(C(=O)OCc2ccccc2)C(=O)N1C(=O)OCc1ccccc1. The normalized spacial score (nSPS) is 17.2. The van der Waals surface area contributed by atoms with Crippen molar-refractivity contribution in [3.05, 3.63) is 71.8 Å². The van der Waals surface area contributed by atoms with Crippen LogP contribution in [0.4, 0.5) is 14.4 Å². The van der Waals surface area contributed by atoms with E-state index >= 15 is 0 Å². The van der Waals surface area contributed by atoms with Gasteiger partial charge >= 0.3 is 30.2 Å². The van der Waals surface area contributed by atoms with Crippen LogP contribution in [0.3, 0.4) is 0 Å². The Hall–Kier alpha value is -4.41. The fourth-order valence-electron chi connectivity index (χ4n) is 3.31. The molecule has 0 bridgehead atoms. The van der Waals surface area contributed by atoms with E-state index in [1.807, 2.05) is 0 Å². The van der Waals surface area contributed by atoms with Crippen molar-refractivity contribution < 1.29 is 42.9 Å². The highest BCUT2D eigenvalue weighted by Crippen LogP contribution is 2.28. The van der Waals surface area contributed by atoms with Gasteiger partial charge in [-0.2, -0.15) is 0 Å². The van der Waals surface area contributed by atoms with Crippen molar-refractivity contribution in [2.75, 3.05) is 14.2 Å². The maximum absolute atomic E-state index is 13.1. The third kappa shape index (κ3) is 5.14. The molecule has 11 nitrogen and oxygen atoms in total. The quantitative estimate of drug-likeness (QED) is 0.462. The number of ether oxygens (including phenoxy) is 4. The molecule has 0 radical (unpaired) electrons. The van der Waals surface area contributed by atoms with Gasteiger partial charge < -0.3 is 18.9 Å². The van der Waals surface area contributed by atoms with E-state index in [-0.39, 0.29) is 13.2 Å². The Morgan fingerprint density at radius 2 is 1.03 bits per heavy atom. The summed E-state index contributed by atoms with van der Waals surface area (Å²) in [6.07, 6.45) is -2.51. The third-order valence-electron chi connectivity index (χ3n) is 4.96. The zero-order valence-corrected chi connectivity index (χ0v) is 18.4. The van der Waals surface area contributed by atoms with Gasteiger partial charge in [-0.25, -0.2) is 33.8 Å². The molecule has 2 aromatic rings. The number of esters is 2. The molecule has 11 heteroatoms. The number of benzene rings is 2. The van der Waals surface area contributed by atoms with Gasteiger partial charge in [-0.3, -0.25) is 0 Å². The molecule has 2 aromatic carbocycles. The summed E-state index contributed by atoms with van der Waals surface area (Å²) in [6.45, 7) is -0.447. The zero-order valence-electron chi connectivity index (χ0n) is 18.4. The molecule has 4 amide bonds. The lowest BCUT2D eigenvalue weighted by atomic mass is 10.1. The molecular formula is C23H22N2O9. The van der Waals surface area contributed by atoms with Crippen molar-refractivity contribution in [3.8, 4) is 0 Å². The standard InChI is InChI=1S/C23H22N2O9/c1-31-19(26)17-18(20(27)32-2)25(23(30)34-14-16-11-7-4-8-12-16)21(28)24(17)22(29)33-13-15-9-5-3-6-10-15/h3-12,17-18H,13-14H2,1-2H3/t17-,18-/m0/s1. The fraction of sp³-hybridized carbons (Fsp3) is 0.261. The number of urea groups is 1. The molecule has 34 heavy (non-hydrogen) atoms. The van der Waals surface area contributed by atoms with Crippen LogP contribution in [0.15, 0.2) is 60.7 Å². The summed E-state index contributed by atoms with van der Waals surface area (Å²) in [5.74, 6) is -2.25. The van der Waals surface area contributed by atoms with Crippen molar-refractivity contribution in [3.63, 3.8) is 0 Å². The van der Waals surface area contributed by atoms with Gasteiger partial charge in [0, 0.05) is 0 Å². The Kier molecular flexibility index (Phi) is 7.80. The van der Waals surface area contributed by atoms with E-state index in [2.05, 4.69) is 9.47 Å². The number of nitrogens with zero attached hydrogens (tertiary/aromatic N) is 2. The lowest BCUT2D eigenvalue weighted by molar-refractivity contribution is -0.154. The molecule has 0 N–H and O–H groups in total. The first kappa shape index (κ1) is 24.2. The highest BCUT2D eigenvalue weighted by atomic mass is 16.6. The molecule has 1 heterocycles. The molecule has 2 atom stereocenters. The number of hydrogen-bond acceptors (Lipinski definition) is 9. The summed E-state index contributed by atoms with van der Waals surface area (Å²) < 4.78 is 19.7. The van der Waals surface area contributed by atoms with Crippen molar-refractivity contribution in [1.29, 1.82) is 0 Å². The number of rotatable bonds is 6. The van der Waals surface area contributed by atoms with Gasteiger partial charge in [-0.15, -0.1) is 0 Å². The average molecular weight is 470 g/mol. The minimum absolute atomic E-state index is 0.224. The van der Waals surface area contributed by atoms with Gasteiger partial charge in [-0.1, -0.05) is 60.7 Å². The summed E-state index contributed by atoms with van der Waals surface area (Å²) in [5.41, 5.74) is 1.22. The molecule has 1 saturated heterocycles. The lowest BCUT2D eigenvalue weighted by Gasteiger charge is -2.22. The Bertz CT molecular complexity index is 975. The average Bonchev–Trinajstić information content (AvgIpc) is 3.19. The van der Waals surface area contributed by atoms with E-state index in [1.54, 1.807) is 60.7 Å². The zero-order chi connectivity index (χ0) is 24.7.